The average Bonchev–Trinajstić information content (AvgIpc) is 3.24. The summed E-state index contributed by atoms with van der Waals surface area (Å²) < 4.78 is 1.14. The van der Waals surface area contributed by atoms with E-state index in [0.717, 1.165) is 47.8 Å². The Morgan fingerprint density at radius 2 is 1.92 bits per heavy atom. The number of rotatable bonds is 4. The third-order valence-electron chi connectivity index (χ3n) is 4.23. The summed E-state index contributed by atoms with van der Waals surface area (Å²) in [6.45, 7) is 4.25. The third kappa shape index (κ3) is 2.88. The predicted octanol–water partition coefficient (Wildman–Crippen LogP) is 2.77. The van der Waals surface area contributed by atoms with Crippen molar-refractivity contribution in [2.45, 2.75) is 6.54 Å². The van der Waals surface area contributed by atoms with Gasteiger partial charge in [-0.25, -0.2) is 14.8 Å². The molecule has 0 aromatic carbocycles. The van der Waals surface area contributed by atoms with E-state index in [1.807, 2.05) is 22.9 Å². The molecule has 3 aromatic heterocycles. The molecule has 0 amide bonds. The van der Waals surface area contributed by atoms with Gasteiger partial charge in [-0.1, -0.05) is 0 Å². The topological polar surface area (TPSA) is 69.6 Å². The van der Waals surface area contributed by atoms with Gasteiger partial charge in [0.15, 0.2) is 0 Å². The van der Waals surface area contributed by atoms with E-state index < -0.39 is 5.97 Å². The maximum absolute atomic E-state index is 11.2. The number of nitrogens with zero attached hydrogens (tertiary/aromatic N) is 4. The van der Waals surface area contributed by atoms with Crippen molar-refractivity contribution < 1.29 is 9.90 Å². The molecule has 0 aliphatic carbocycles. The van der Waals surface area contributed by atoms with Gasteiger partial charge in [-0.2, -0.15) is 0 Å². The minimum Gasteiger partial charge on any atom is -0.477 e. The Kier molecular flexibility index (Phi) is 4.17. The van der Waals surface area contributed by atoms with E-state index in [2.05, 4.69) is 19.8 Å². The van der Waals surface area contributed by atoms with Crippen LogP contribution >= 0.6 is 22.7 Å². The fourth-order valence-corrected chi connectivity index (χ4v) is 4.62. The highest BCUT2D eigenvalue weighted by Gasteiger charge is 2.22. The zero-order chi connectivity index (χ0) is 16.5. The zero-order valence-electron chi connectivity index (χ0n) is 12.9. The summed E-state index contributed by atoms with van der Waals surface area (Å²) in [6, 6.07) is 3.94. The first kappa shape index (κ1) is 15.5. The van der Waals surface area contributed by atoms with Crippen molar-refractivity contribution in [2.75, 3.05) is 31.1 Å². The Labute approximate surface area is 147 Å². The van der Waals surface area contributed by atoms with E-state index in [4.69, 9.17) is 0 Å². The van der Waals surface area contributed by atoms with Gasteiger partial charge in [-0.15, -0.1) is 22.7 Å². The molecule has 0 radical (unpaired) electrons. The van der Waals surface area contributed by atoms with E-state index >= 15 is 0 Å². The lowest BCUT2D eigenvalue weighted by atomic mass is 10.2. The van der Waals surface area contributed by atoms with Crippen LogP contribution in [0.15, 0.2) is 29.2 Å². The molecule has 4 rings (SSSR count). The second-order valence-electron chi connectivity index (χ2n) is 5.68. The molecule has 1 aliphatic rings. The minimum atomic E-state index is -0.834. The van der Waals surface area contributed by atoms with Crippen molar-refractivity contribution in [2.24, 2.45) is 0 Å². The molecule has 24 heavy (non-hydrogen) atoms. The van der Waals surface area contributed by atoms with E-state index in [9.17, 15) is 9.90 Å². The molecule has 0 atom stereocenters. The fourth-order valence-electron chi connectivity index (χ4n) is 3.01. The van der Waals surface area contributed by atoms with Crippen LogP contribution in [0.2, 0.25) is 0 Å². The Hall–Kier alpha value is -2.03. The number of carbonyl (C=O) groups is 1. The SMILES string of the molecule is O=C(O)c1sccc1CN1CCN(c2ncnc3ccsc23)CC1. The standard InChI is InChI=1S/C16H16N4O2S2/c21-16(22)13-11(1-7-23-13)9-19-3-5-20(6-4-19)15-14-12(2-8-24-14)17-10-18-15/h1-2,7-8,10H,3-6,9H2,(H,21,22). The normalized spacial score (nSPS) is 15.9. The highest BCUT2D eigenvalue weighted by atomic mass is 32.1. The number of hydrogen-bond acceptors (Lipinski definition) is 7. The molecule has 6 nitrogen and oxygen atoms in total. The summed E-state index contributed by atoms with van der Waals surface area (Å²) >= 11 is 2.97. The van der Waals surface area contributed by atoms with E-state index in [0.29, 0.717) is 11.4 Å². The molecule has 0 saturated carbocycles. The van der Waals surface area contributed by atoms with Gasteiger partial charge in [0.2, 0.25) is 0 Å². The van der Waals surface area contributed by atoms with Crippen LogP contribution in [-0.4, -0.2) is 52.1 Å². The molecule has 1 aliphatic heterocycles. The van der Waals surface area contributed by atoms with Crippen LogP contribution in [0.5, 0.6) is 0 Å². The fraction of sp³-hybridized carbons (Fsp3) is 0.312. The van der Waals surface area contributed by atoms with Crippen molar-refractivity contribution >= 4 is 44.7 Å². The summed E-state index contributed by atoms with van der Waals surface area (Å²) in [6.07, 6.45) is 1.63. The summed E-state index contributed by atoms with van der Waals surface area (Å²) in [5.74, 6) is 0.177. The first-order valence-corrected chi connectivity index (χ1v) is 9.43. The monoisotopic (exact) mass is 360 g/mol. The number of thiophene rings is 2. The van der Waals surface area contributed by atoms with Crippen molar-refractivity contribution in [3.05, 3.63) is 39.7 Å². The first-order chi connectivity index (χ1) is 11.7. The Balaban J connectivity index is 1.44. The molecule has 1 saturated heterocycles. The van der Waals surface area contributed by atoms with Gasteiger partial charge in [0.1, 0.15) is 17.0 Å². The molecule has 0 spiro atoms. The quantitative estimate of drug-likeness (QED) is 0.771. The number of piperazine rings is 1. The average molecular weight is 360 g/mol. The zero-order valence-corrected chi connectivity index (χ0v) is 14.5. The second kappa shape index (κ2) is 6.46. The lowest BCUT2D eigenvalue weighted by Crippen LogP contribution is -2.46. The maximum atomic E-state index is 11.2. The summed E-state index contributed by atoms with van der Waals surface area (Å²) in [7, 11) is 0. The van der Waals surface area contributed by atoms with Crippen LogP contribution in [0.3, 0.4) is 0 Å². The van der Waals surface area contributed by atoms with Gasteiger partial charge in [-0.3, -0.25) is 4.90 Å². The minimum absolute atomic E-state index is 0.452. The number of hydrogen-bond donors (Lipinski definition) is 1. The Morgan fingerprint density at radius 3 is 2.71 bits per heavy atom. The van der Waals surface area contributed by atoms with Crippen LogP contribution in [0.1, 0.15) is 15.2 Å². The van der Waals surface area contributed by atoms with Crippen LogP contribution in [0.25, 0.3) is 10.2 Å². The molecule has 3 aromatic rings. The van der Waals surface area contributed by atoms with Gasteiger partial charge in [0.05, 0.1) is 10.2 Å². The molecule has 4 heterocycles. The number of anilines is 1. The highest BCUT2D eigenvalue weighted by Crippen LogP contribution is 2.28. The van der Waals surface area contributed by atoms with Crippen LogP contribution in [-0.2, 0) is 6.54 Å². The van der Waals surface area contributed by atoms with Crippen LogP contribution in [0.4, 0.5) is 5.82 Å². The number of carboxylic acids is 1. The Bertz CT molecular complexity index is 868. The van der Waals surface area contributed by atoms with E-state index in [-0.39, 0.29) is 0 Å². The van der Waals surface area contributed by atoms with Gasteiger partial charge < -0.3 is 10.0 Å². The van der Waals surface area contributed by atoms with Gasteiger partial charge in [0, 0.05) is 32.7 Å². The number of carboxylic acid groups (broad SMARTS) is 1. The van der Waals surface area contributed by atoms with Crippen LogP contribution < -0.4 is 4.90 Å². The predicted molar refractivity (Wildman–Crippen MR) is 96.2 cm³/mol. The lowest BCUT2D eigenvalue weighted by molar-refractivity contribution is 0.0700. The smallest absolute Gasteiger partial charge is 0.346 e. The van der Waals surface area contributed by atoms with Gasteiger partial charge >= 0.3 is 5.97 Å². The molecule has 1 N–H and O–H groups in total. The van der Waals surface area contributed by atoms with Crippen molar-refractivity contribution in [3.63, 3.8) is 0 Å². The molecule has 8 heteroatoms. The summed E-state index contributed by atoms with van der Waals surface area (Å²) in [5, 5.41) is 13.1. The second-order valence-corrected chi connectivity index (χ2v) is 7.51. The Morgan fingerprint density at radius 1 is 1.12 bits per heavy atom. The van der Waals surface area contributed by atoms with Gasteiger partial charge in [0.25, 0.3) is 0 Å². The van der Waals surface area contributed by atoms with Crippen molar-refractivity contribution in [3.8, 4) is 0 Å². The molecule has 1 fully saturated rings. The number of aromatic carboxylic acids is 1. The molecule has 0 bridgehead atoms. The molecule has 0 unspecified atom stereocenters. The summed E-state index contributed by atoms with van der Waals surface area (Å²) in [5.41, 5.74) is 1.90. The van der Waals surface area contributed by atoms with Gasteiger partial charge in [-0.05, 0) is 28.5 Å². The maximum Gasteiger partial charge on any atom is 0.346 e. The molecule has 124 valence electrons. The first-order valence-electron chi connectivity index (χ1n) is 7.67. The summed E-state index contributed by atoms with van der Waals surface area (Å²) in [4.78, 5) is 25.0. The van der Waals surface area contributed by atoms with E-state index in [1.54, 1.807) is 17.7 Å². The lowest BCUT2D eigenvalue weighted by Gasteiger charge is -2.35. The van der Waals surface area contributed by atoms with Crippen LogP contribution in [0, 0.1) is 0 Å². The van der Waals surface area contributed by atoms with Crippen molar-refractivity contribution in [1.29, 1.82) is 0 Å². The third-order valence-corrected chi connectivity index (χ3v) is 6.08. The number of fused-ring (bicyclic) bond motifs is 1. The largest absolute Gasteiger partial charge is 0.477 e. The molecular weight excluding hydrogens is 344 g/mol. The molecular formula is C16H16N4O2S2. The van der Waals surface area contributed by atoms with E-state index in [1.165, 1.54) is 11.3 Å². The highest BCUT2D eigenvalue weighted by molar-refractivity contribution is 7.17. The van der Waals surface area contributed by atoms with Crippen molar-refractivity contribution in [1.82, 2.24) is 14.9 Å². The number of aromatic nitrogens is 2.